The van der Waals surface area contributed by atoms with Crippen LogP contribution in [0.4, 0.5) is 0 Å². The Kier molecular flexibility index (Phi) is 9.77. The van der Waals surface area contributed by atoms with E-state index in [-0.39, 0.29) is 0 Å². The summed E-state index contributed by atoms with van der Waals surface area (Å²) in [6, 6.07) is 90.9. The number of hydrogen-bond acceptors (Lipinski definition) is 4. The van der Waals surface area contributed by atoms with Crippen LogP contribution in [0.15, 0.2) is 259 Å². The first-order chi connectivity index (χ1) is 34.2. The molecule has 0 aliphatic heterocycles. The Morgan fingerprint density at radius 1 is 0.304 bits per heavy atom. The zero-order chi connectivity index (χ0) is 45.7. The van der Waals surface area contributed by atoms with Gasteiger partial charge in [0.2, 0.25) is 0 Å². The highest BCUT2D eigenvalue weighted by Crippen LogP contribution is 2.37. The van der Waals surface area contributed by atoms with Gasteiger partial charge in [-0.1, -0.05) is 200 Å². The van der Waals surface area contributed by atoms with E-state index in [0.29, 0.717) is 17.5 Å². The molecule has 13 aromatic rings. The molecule has 69 heavy (non-hydrogen) atoms. The molecule has 0 spiro atoms. The minimum Gasteiger partial charge on any atom is -0.456 e. The van der Waals surface area contributed by atoms with Crippen LogP contribution in [0.3, 0.4) is 0 Å². The molecule has 0 atom stereocenters. The van der Waals surface area contributed by atoms with Crippen LogP contribution in [-0.2, 0) is 0 Å². The molecule has 5 nitrogen and oxygen atoms in total. The molecule has 0 fully saturated rings. The third kappa shape index (κ3) is 6.80. The molecule has 0 aliphatic rings. The third-order valence-electron chi connectivity index (χ3n) is 13.6. The standard InChI is InChI=1S/C63H42N4OSi/c1-4-20-47(21-5-1)69(48-22-6-2-7-23-48,49-24-8-3-9-25-49)50-26-18-19-45(41-50)62-64-61(43-35-38-46(39-36-43)67-57-32-15-12-28-52(57)53-29-13-16-33-58(53)67)65-63(66-62)55-31-11-10-27-51(55)44-37-40-60-56(42-44)54-30-14-17-34-59(54)68-60/h1-42H. The number of hydrogen-bond donors (Lipinski definition) is 0. The second kappa shape index (κ2) is 16.7. The van der Waals surface area contributed by atoms with Gasteiger partial charge in [0.15, 0.2) is 25.5 Å². The Morgan fingerprint density at radius 3 is 1.42 bits per heavy atom. The average Bonchev–Trinajstić information content (AvgIpc) is 3.98. The van der Waals surface area contributed by atoms with Crippen molar-refractivity contribution in [3.63, 3.8) is 0 Å². The lowest BCUT2D eigenvalue weighted by atomic mass is 9.97. The summed E-state index contributed by atoms with van der Waals surface area (Å²) in [4.78, 5) is 16.2. The fraction of sp³-hybridized carbons (Fsp3) is 0. The monoisotopic (exact) mass is 898 g/mol. The summed E-state index contributed by atoms with van der Waals surface area (Å²) in [7, 11) is -2.86. The lowest BCUT2D eigenvalue weighted by molar-refractivity contribution is 0.669. The minimum absolute atomic E-state index is 0.595. The van der Waals surface area contributed by atoms with E-state index < -0.39 is 8.07 Å². The van der Waals surface area contributed by atoms with E-state index >= 15 is 0 Å². The Hall–Kier alpha value is -8.97. The van der Waals surface area contributed by atoms with E-state index in [0.717, 1.165) is 66.5 Å². The van der Waals surface area contributed by atoms with E-state index in [1.54, 1.807) is 0 Å². The van der Waals surface area contributed by atoms with E-state index in [4.69, 9.17) is 19.4 Å². The molecule has 0 N–H and O–H groups in total. The Balaban J connectivity index is 1.01. The average molecular weight is 899 g/mol. The molecule has 3 heterocycles. The van der Waals surface area contributed by atoms with Gasteiger partial charge in [0, 0.05) is 43.9 Å². The first kappa shape index (κ1) is 40.3. The summed E-state index contributed by atoms with van der Waals surface area (Å²) >= 11 is 0. The highest BCUT2D eigenvalue weighted by molar-refractivity contribution is 7.19. The molecule has 0 unspecified atom stereocenters. The largest absolute Gasteiger partial charge is 0.456 e. The van der Waals surface area contributed by atoms with Gasteiger partial charge >= 0.3 is 0 Å². The summed E-state index contributed by atoms with van der Waals surface area (Å²) in [5, 5.41) is 9.75. The molecule has 3 aromatic heterocycles. The van der Waals surface area contributed by atoms with Crippen LogP contribution in [0.1, 0.15) is 0 Å². The van der Waals surface area contributed by atoms with E-state index in [9.17, 15) is 0 Å². The molecule has 324 valence electrons. The van der Waals surface area contributed by atoms with Crippen molar-refractivity contribution in [2.24, 2.45) is 0 Å². The van der Waals surface area contributed by atoms with Crippen molar-refractivity contribution < 1.29 is 4.42 Å². The SMILES string of the molecule is c1ccc([Si](c2ccccc2)(c2ccccc2)c2cccc(-c3nc(-c4ccc(-n5c6ccccc6c6ccccc65)cc4)nc(-c4ccccc4-c4ccc5oc6ccccc6c5c4)n3)c2)cc1. The molecular weight excluding hydrogens is 857 g/mol. The molecule has 0 saturated heterocycles. The number of furan rings is 1. The van der Waals surface area contributed by atoms with Crippen molar-refractivity contribution in [2.75, 3.05) is 0 Å². The quantitative estimate of drug-likeness (QED) is 0.107. The minimum atomic E-state index is -2.86. The van der Waals surface area contributed by atoms with Gasteiger partial charge in [-0.2, -0.15) is 0 Å². The lowest BCUT2D eigenvalue weighted by Crippen LogP contribution is -2.74. The van der Waals surface area contributed by atoms with Crippen molar-refractivity contribution in [3.05, 3.63) is 255 Å². The van der Waals surface area contributed by atoms with Crippen molar-refractivity contribution in [2.45, 2.75) is 0 Å². The first-order valence-corrected chi connectivity index (χ1v) is 25.3. The number of para-hydroxylation sites is 3. The zero-order valence-corrected chi connectivity index (χ0v) is 38.4. The highest BCUT2D eigenvalue weighted by Gasteiger charge is 2.41. The maximum Gasteiger partial charge on any atom is 0.179 e. The van der Waals surface area contributed by atoms with Crippen LogP contribution in [0.2, 0.25) is 0 Å². The number of nitrogens with zero attached hydrogens (tertiary/aromatic N) is 4. The molecule has 13 rings (SSSR count). The third-order valence-corrected chi connectivity index (χ3v) is 18.4. The molecule has 0 aliphatic carbocycles. The molecule has 0 saturated carbocycles. The van der Waals surface area contributed by atoms with Gasteiger partial charge in [-0.05, 0) is 86.5 Å². The van der Waals surface area contributed by atoms with Gasteiger partial charge in [-0.25, -0.2) is 15.0 Å². The van der Waals surface area contributed by atoms with Gasteiger partial charge in [-0.3, -0.25) is 0 Å². The van der Waals surface area contributed by atoms with Gasteiger partial charge in [0.1, 0.15) is 11.2 Å². The predicted octanol–water partition coefficient (Wildman–Crippen LogP) is 12.9. The molecule has 0 bridgehead atoms. The van der Waals surface area contributed by atoms with Crippen LogP contribution >= 0.6 is 0 Å². The van der Waals surface area contributed by atoms with Gasteiger partial charge in [-0.15, -0.1) is 0 Å². The van der Waals surface area contributed by atoms with Crippen molar-refractivity contribution >= 4 is 72.6 Å². The Labute approximate surface area is 400 Å². The smallest absolute Gasteiger partial charge is 0.179 e. The van der Waals surface area contributed by atoms with Crippen molar-refractivity contribution in [1.82, 2.24) is 19.5 Å². The molecule has 0 amide bonds. The lowest BCUT2D eigenvalue weighted by Gasteiger charge is -2.34. The molecular formula is C63H42N4OSi. The molecule has 0 radical (unpaired) electrons. The summed E-state index contributed by atoms with van der Waals surface area (Å²) in [5.41, 5.74) is 9.91. The number of aromatic nitrogens is 4. The second-order valence-corrected chi connectivity index (χ2v) is 21.3. The van der Waals surface area contributed by atoms with E-state index in [1.165, 1.54) is 31.5 Å². The van der Waals surface area contributed by atoms with Crippen LogP contribution in [-0.4, -0.2) is 27.6 Å². The number of rotatable bonds is 9. The number of benzene rings is 10. The number of fused-ring (bicyclic) bond motifs is 6. The van der Waals surface area contributed by atoms with Crippen LogP contribution in [0.5, 0.6) is 0 Å². The van der Waals surface area contributed by atoms with Gasteiger partial charge < -0.3 is 8.98 Å². The van der Waals surface area contributed by atoms with Crippen LogP contribution in [0, 0.1) is 0 Å². The van der Waals surface area contributed by atoms with Crippen LogP contribution in [0.25, 0.3) is 94.7 Å². The van der Waals surface area contributed by atoms with Crippen molar-refractivity contribution in [3.8, 4) is 51.0 Å². The fourth-order valence-corrected chi connectivity index (χ4v) is 15.3. The maximum absolute atomic E-state index is 6.25. The summed E-state index contributed by atoms with van der Waals surface area (Å²) in [6.45, 7) is 0. The van der Waals surface area contributed by atoms with Gasteiger partial charge in [0.05, 0.1) is 11.0 Å². The summed E-state index contributed by atoms with van der Waals surface area (Å²) in [6.07, 6.45) is 0. The second-order valence-electron chi connectivity index (χ2n) is 17.5. The van der Waals surface area contributed by atoms with E-state index in [1.807, 2.05) is 12.1 Å². The molecule has 10 aromatic carbocycles. The topological polar surface area (TPSA) is 56.7 Å². The zero-order valence-electron chi connectivity index (χ0n) is 37.4. The predicted molar refractivity (Wildman–Crippen MR) is 287 cm³/mol. The summed E-state index contributed by atoms with van der Waals surface area (Å²) < 4.78 is 8.58. The highest BCUT2D eigenvalue weighted by atomic mass is 28.3. The van der Waals surface area contributed by atoms with Gasteiger partial charge in [0.25, 0.3) is 0 Å². The normalized spacial score (nSPS) is 11.8. The Morgan fingerprint density at radius 2 is 0.783 bits per heavy atom. The van der Waals surface area contributed by atoms with Crippen LogP contribution < -0.4 is 20.7 Å². The molecule has 6 heteroatoms. The maximum atomic E-state index is 6.25. The summed E-state index contributed by atoms with van der Waals surface area (Å²) in [5.74, 6) is 1.79. The Bertz CT molecular complexity index is 3860. The van der Waals surface area contributed by atoms with E-state index in [2.05, 4.69) is 247 Å². The fourth-order valence-electron chi connectivity index (χ4n) is 10.5. The first-order valence-electron chi connectivity index (χ1n) is 23.3. The van der Waals surface area contributed by atoms with Crippen molar-refractivity contribution in [1.29, 1.82) is 0 Å².